The molecule has 0 unspecified atom stereocenters. The summed E-state index contributed by atoms with van der Waals surface area (Å²) in [6.07, 6.45) is -0.617. The highest BCUT2D eigenvalue weighted by Gasteiger charge is 2.57. The summed E-state index contributed by atoms with van der Waals surface area (Å²) >= 11 is 0. The molecule has 7 nitrogen and oxygen atoms in total. The molecule has 2 aliphatic rings. The Labute approximate surface area is 230 Å². The number of ether oxygens (including phenoxy) is 2. The number of aromatic nitrogens is 2. The van der Waals surface area contributed by atoms with Gasteiger partial charge in [0.15, 0.2) is 0 Å². The second-order valence-electron chi connectivity index (χ2n) is 10.4. The Bertz CT molecular complexity index is 1570. The quantitative estimate of drug-likeness (QED) is 0.241. The van der Waals surface area contributed by atoms with Crippen LogP contribution in [0.25, 0.3) is 11.1 Å². The summed E-state index contributed by atoms with van der Waals surface area (Å²) in [5.41, 5.74) is 2.54. The smallest absolute Gasteiger partial charge is 0.417 e. The Morgan fingerprint density at radius 1 is 1.12 bits per heavy atom. The first-order valence-electron chi connectivity index (χ1n) is 12.8. The van der Waals surface area contributed by atoms with Crippen molar-refractivity contribution in [3.63, 3.8) is 0 Å². The summed E-state index contributed by atoms with van der Waals surface area (Å²) in [6, 6.07) is 8.71. The molecule has 0 spiro atoms. The van der Waals surface area contributed by atoms with Crippen LogP contribution >= 0.6 is 0 Å². The largest absolute Gasteiger partial charge is 0.513 e. The number of sulfone groups is 1. The molecule has 0 saturated heterocycles. The van der Waals surface area contributed by atoms with E-state index in [-0.39, 0.29) is 54.4 Å². The van der Waals surface area contributed by atoms with Crippen molar-refractivity contribution in [3.8, 4) is 22.9 Å². The first-order chi connectivity index (χ1) is 18.8. The van der Waals surface area contributed by atoms with Crippen molar-refractivity contribution in [2.75, 3.05) is 18.6 Å². The Kier molecular flexibility index (Phi) is 7.28. The highest BCUT2D eigenvalue weighted by atomic mass is 32.2. The van der Waals surface area contributed by atoms with Gasteiger partial charge in [0.05, 0.1) is 23.7 Å². The molecule has 2 aromatic heterocycles. The van der Waals surface area contributed by atoms with Crippen LogP contribution in [-0.2, 0) is 29.0 Å². The fourth-order valence-electron chi connectivity index (χ4n) is 5.51. The summed E-state index contributed by atoms with van der Waals surface area (Å²) in [4.78, 5) is 8.66. The minimum absolute atomic E-state index is 0.0217. The molecule has 40 heavy (non-hydrogen) atoms. The predicted molar refractivity (Wildman–Crippen MR) is 143 cm³/mol. The standard InChI is InChI=1S/C29H29F3N2O5S/c1-16-20(6-8-25(34-16)38-9-4-10-40(3,36)37)21-11-18(5-7-24(21)29(30,31)32)15-39-26-13-19-12-22-27(17(2)35)28(22)23(19)14-33-26/h5-8,11,13-14,22,27-28,35H,2,4,9-10,12,15H2,1,3H3/t22-,27-,28+/m0/s1. The van der Waals surface area contributed by atoms with E-state index < -0.39 is 21.6 Å². The molecule has 3 atom stereocenters. The molecule has 0 amide bonds. The average Bonchev–Trinajstić information content (AvgIpc) is 3.46. The van der Waals surface area contributed by atoms with Crippen LogP contribution in [0, 0.1) is 18.8 Å². The monoisotopic (exact) mass is 574 g/mol. The molecule has 2 aliphatic carbocycles. The predicted octanol–water partition coefficient (Wildman–Crippen LogP) is 5.82. The molecule has 3 aromatic rings. The Morgan fingerprint density at radius 3 is 2.58 bits per heavy atom. The lowest BCUT2D eigenvalue weighted by Crippen LogP contribution is -2.10. The summed E-state index contributed by atoms with van der Waals surface area (Å²) < 4.78 is 75.6. The highest BCUT2D eigenvalue weighted by Crippen LogP contribution is 2.63. The number of hydrogen-bond acceptors (Lipinski definition) is 7. The van der Waals surface area contributed by atoms with Crippen LogP contribution in [0.1, 0.15) is 40.3 Å². The van der Waals surface area contributed by atoms with E-state index in [2.05, 4.69) is 16.5 Å². The van der Waals surface area contributed by atoms with Gasteiger partial charge in [-0.25, -0.2) is 18.4 Å². The molecule has 2 heterocycles. The molecule has 0 aliphatic heterocycles. The first kappa shape index (κ1) is 27.9. The number of benzene rings is 1. The molecule has 11 heteroatoms. The number of pyridine rings is 2. The molecular weight excluding hydrogens is 545 g/mol. The maximum absolute atomic E-state index is 13.9. The van der Waals surface area contributed by atoms with Crippen molar-refractivity contribution in [1.82, 2.24) is 9.97 Å². The molecule has 1 N–H and O–H groups in total. The van der Waals surface area contributed by atoms with E-state index in [0.29, 0.717) is 28.6 Å². The van der Waals surface area contributed by atoms with Crippen LogP contribution < -0.4 is 9.47 Å². The van der Waals surface area contributed by atoms with Crippen LogP contribution in [-0.4, -0.2) is 42.1 Å². The normalized spacial score (nSPS) is 19.6. The maximum Gasteiger partial charge on any atom is 0.417 e. The third-order valence-corrected chi connectivity index (χ3v) is 8.43. The van der Waals surface area contributed by atoms with E-state index in [1.807, 2.05) is 6.07 Å². The lowest BCUT2D eigenvalue weighted by Gasteiger charge is -2.17. The second-order valence-corrected chi connectivity index (χ2v) is 12.7. The van der Waals surface area contributed by atoms with Gasteiger partial charge in [-0.2, -0.15) is 13.2 Å². The fraction of sp³-hybridized carbons (Fsp3) is 0.379. The van der Waals surface area contributed by atoms with Crippen LogP contribution in [0.5, 0.6) is 11.8 Å². The molecule has 5 rings (SSSR count). The number of hydrogen-bond donors (Lipinski definition) is 1. The van der Waals surface area contributed by atoms with Crippen LogP contribution in [0.2, 0.25) is 0 Å². The van der Waals surface area contributed by atoms with E-state index >= 15 is 0 Å². The number of aliphatic hydroxyl groups is 1. The van der Waals surface area contributed by atoms with Gasteiger partial charge in [-0.3, -0.25) is 0 Å². The lowest BCUT2D eigenvalue weighted by molar-refractivity contribution is -0.137. The Balaban J connectivity index is 1.31. The SMILES string of the molecule is C=C(O)[C@H]1[C@@H]2Cc3cc(OCc4ccc(C(F)(F)F)c(-c5ccc(OCCCS(C)(=O)=O)nc5C)c4)ncc3[C@@H]21. The number of fused-ring (bicyclic) bond motifs is 3. The number of nitrogens with zero attached hydrogens (tertiary/aromatic N) is 2. The molecule has 1 fully saturated rings. The van der Waals surface area contributed by atoms with Gasteiger partial charge in [-0.05, 0) is 72.1 Å². The second kappa shape index (κ2) is 10.4. The van der Waals surface area contributed by atoms with Gasteiger partial charge in [-0.15, -0.1) is 0 Å². The van der Waals surface area contributed by atoms with Gasteiger partial charge < -0.3 is 14.6 Å². The average molecular weight is 575 g/mol. The third-order valence-electron chi connectivity index (χ3n) is 7.40. The molecule has 0 radical (unpaired) electrons. The number of rotatable bonds is 10. The topological polar surface area (TPSA) is 98.6 Å². The van der Waals surface area contributed by atoms with Gasteiger partial charge in [0, 0.05) is 41.8 Å². The summed E-state index contributed by atoms with van der Waals surface area (Å²) in [5.74, 6) is 1.43. The molecule has 212 valence electrons. The van der Waals surface area contributed by atoms with Crippen LogP contribution in [0.15, 0.2) is 54.9 Å². The van der Waals surface area contributed by atoms with E-state index in [1.165, 1.54) is 24.3 Å². The number of alkyl halides is 3. The van der Waals surface area contributed by atoms with Gasteiger partial charge in [-0.1, -0.05) is 12.6 Å². The first-order valence-corrected chi connectivity index (χ1v) is 14.9. The molecule has 0 bridgehead atoms. The lowest BCUT2D eigenvalue weighted by atomic mass is 9.96. The number of aryl methyl sites for hydroxylation is 1. The van der Waals surface area contributed by atoms with Crippen molar-refractivity contribution in [1.29, 1.82) is 0 Å². The van der Waals surface area contributed by atoms with Gasteiger partial charge >= 0.3 is 6.18 Å². The van der Waals surface area contributed by atoms with Gasteiger partial charge in [0.1, 0.15) is 16.4 Å². The summed E-state index contributed by atoms with van der Waals surface area (Å²) in [6.45, 7) is 5.38. The third kappa shape index (κ3) is 5.94. The Morgan fingerprint density at radius 2 is 1.90 bits per heavy atom. The fourth-order valence-corrected chi connectivity index (χ4v) is 6.15. The maximum atomic E-state index is 13.9. The highest BCUT2D eigenvalue weighted by molar-refractivity contribution is 7.90. The van der Waals surface area contributed by atoms with Crippen LogP contribution in [0.3, 0.4) is 0 Å². The van der Waals surface area contributed by atoms with Crippen molar-refractivity contribution in [2.45, 2.75) is 38.5 Å². The molecule has 1 aromatic carbocycles. The summed E-state index contributed by atoms with van der Waals surface area (Å²) in [5, 5.41) is 9.72. The molecule has 1 saturated carbocycles. The van der Waals surface area contributed by atoms with Gasteiger partial charge in [0.2, 0.25) is 11.8 Å². The number of allylic oxidation sites excluding steroid dienone is 1. The van der Waals surface area contributed by atoms with Crippen molar-refractivity contribution >= 4 is 9.84 Å². The Hall–Kier alpha value is -3.60. The number of halogens is 3. The van der Waals surface area contributed by atoms with Crippen molar-refractivity contribution < 1.29 is 36.2 Å². The van der Waals surface area contributed by atoms with E-state index in [0.717, 1.165) is 29.9 Å². The van der Waals surface area contributed by atoms with Gasteiger partial charge in [0.25, 0.3) is 0 Å². The van der Waals surface area contributed by atoms with E-state index in [1.54, 1.807) is 13.1 Å². The zero-order valence-corrected chi connectivity index (χ0v) is 22.8. The number of aliphatic hydroxyl groups excluding tert-OH is 1. The summed E-state index contributed by atoms with van der Waals surface area (Å²) in [7, 11) is -3.12. The van der Waals surface area contributed by atoms with Crippen molar-refractivity contribution in [3.05, 3.63) is 82.9 Å². The minimum Gasteiger partial charge on any atom is -0.513 e. The van der Waals surface area contributed by atoms with E-state index in [9.17, 15) is 26.7 Å². The minimum atomic E-state index is -4.58. The van der Waals surface area contributed by atoms with Crippen LogP contribution in [0.4, 0.5) is 13.2 Å². The zero-order valence-electron chi connectivity index (χ0n) is 22.0. The van der Waals surface area contributed by atoms with Crippen molar-refractivity contribution in [2.24, 2.45) is 11.8 Å². The zero-order chi connectivity index (χ0) is 28.8. The van der Waals surface area contributed by atoms with E-state index in [4.69, 9.17) is 9.47 Å². The molecular formula is C29H29F3N2O5S.